The van der Waals surface area contributed by atoms with Gasteiger partial charge in [-0.1, -0.05) is 23.7 Å². The van der Waals surface area contributed by atoms with Crippen LogP contribution in [0.1, 0.15) is 38.8 Å². The van der Waals surface area contributed by atoms with Crippen LogP contribution in [0.5, 0.6) is 5.75 Å². The van der Waals surface area contributed by atoms with Gasteiger partial charge in [-0.05, 0) is 50.6 Å². The highest BCUT2D eigenvalue weighted by molar-refractivity contribution is 6.30. The zero-order valence-corrected chi connectivity index (χ0v) is 19.5. The van der Waals surface area contributed by atoms with Crippen LogP contribution in [0.4, 0.5) is 10.1 Å². The Kier molecular flexibility index (Phi) is 7.72. The van der Waals surface area contributed by atoms with Crippen molar-refractivity contribution < 1.29 is 19.0 Å². The molecule has 34 heavy (non-hydrogen) atoms. The smallest absolute Gasteiger partial charge is 0.335 e. The lowest BCUT2D eigenvalue weighted by Gasteiger charge is -2.15. The third-order valence-corrected chi connectivity index (χ3v) is 5.06. The van der Waals surface area contributed by atoms with E-state index in [4.69, 9.17) is 21.4 Å². The molecule has 3 aromatic rings. The molecule has 3 rings (SSSR count). The Hall–Kier alpha value is -3.66. The number of halogens is 2. The topological polar surface area (TPSA) is 119 Å². The van der Waals surface area contributed by atoms with E-state index in [9.17, 15) is 18.8 Å². The molecule has 1 atom stereocenters. The highest BCUT2D eigenvalue weighted by atomic mass is 35.5. The van der Waals surface area contributed by atoms with Crippen molar-refractivity contribution in [2.24, 2.45) is 4.99 Å². The van der Waals surface area contributed by atoms with Crippen molar-refractivity contribution in [1.82, 2.24) is 14.1 Å². The number of hydrogen-bond donors (Lipinski definition) is 2. The van der Waals surface area contributed by atoms with Crippen LogP contribution < -0.4 is 21.7 Å². The third-order valence-electron chi connectivity index (χ3n) is 4.81. The van der Waals surface area contributed by atoms with E-state index in [1.807, 2.05) is 0 Å². The van der Waals surface area contributed by atoms with Gasteiger partial charge in [0.05, 0.1) is 30.8 Å². The molecule has 180 valence electrons. The summed E-state index contributed by atoms with van der Waals surface area (Å²) in [6.45, 7) is 4.99. The fourth-order valence-electron chi connectivity index (χ4n) is 3.30. The zero-order valence-electron chi connectivity index (χ0n) is 18.8. The van der Waals surface area contributed by atoms with Crippen molar-refractivity contribution in [2.45, 2.75) is 45.9 Å². The number of nitrogens with zero attached hydrogens (tertiary/aromatic N) is 3. The summed E-state index contributed by atoms with van der Waals surface area (Å²) in [5.74, 6) is -1.75. The van der Waals surface area contributed by atoms with Crippen LogP contribution >= 0.6 is 11.6 Å². The van der Waals surface area contributed by atoms with E-state index in [2.05, 4.69) is 9.98 Å². The lowest BCUT2D eigenvalue weighted by Crippen LogP contribution is -2.51. The maximum atomic E-state index is 14.5. The van der Waals surface area contributed by atoms with Crippen molar-refractivity contribution in [2.75, 3.05) is 0 Å². The number of carbonyl (C=O) groups is 1. The Balaban J connectivity index is 2.18. The highest BCUT2D eigenvalue weighted by Crippen LogP contribution is 2.23. The molecule has 0 saturated heterocycles. The molecule has 1 heterocycles. The lowest BCUT2D eigenvalue weighted by atomic mass is 10.2. The average Bonchev–Trinajstić information content (AvgIpc) is 2.73. The fraction of sp³-hybridized carbons (Fsp3) is 0.304. The summed E-state index contributed by atoms with van der Waals surface area (Å²) in [4.78, 5) is 43.9. The van der Waals surface area contributed by atoms with E-state index in [1.54, 1.807) is 38.1 Å². The van der Waals surface area contributed by atoms with Gasteiger partial charge in [0, 0.05) is 11.1 Å². The van der Waals surface area contributed by atoms with E-state index < -0.39 is 35.6 Å². The SMILES string of the molecule is CC(C)Oc1ccc(/N=c2\[nH]c(=O)n([C@@H](C)CC(=O)O)c(=O)n2Cc2ccc(Cl)cc2)cc1F. The molecule has 2 aromatic carbocycles. The maximum absolute atomic E-state index is 14.5. The lowest BCUT2D eigenvalue weighted by molar-refractivity contribution is -0.137. The number of aliphatic carboxylic acids is 1. The number of ether oxygens (including phenoxy) is 1. The zero-order chi connectivity index (χ0) is 25.0. The fourth-order valence-corrected chi connectivity index (χ4v) is 3.42. The van der Waals surface area contributed by atoms with E-state index in [0.717, 1.165) is 10.6 Å². The summed E-state index contributed by atoms with van der Waals surface area (Å²) in [6, 6.07) is 9.81. The molecule has 0 fully saturated rings. The van der Waals surface area contributed by atoms with Gasteiger partial charge in [-0.3, -0.25) is 14.3 Å². The summed E-state index contributed by atoms with van der Waals surface area (Å²) in [7, 11) is 0. The van der Waals surface area contributed by atoms with Crippen LogP contribution in [0.2, 0.25) is 5.02 Å². The van der Waals surface area contributed by atoms with Gasteiger partial charge in [-0.2, -0.15) is 0 Å². The first kappa shape index (κ1) is 25.0. The van der Waals surface area contributed by atoms with E-state index in [0.29, 0.717) is 10.6 Å². The number of carboxylic acids is 1. The Morgan fingerprint density at radius 2 is 1.85 bits per heavy atom. The van der Waals surface area contributed by atoms with E-state index in [1.165, 1.54) is 23.6 Å². The molecule has 9 nitrogen and oxygen atoms in total. The first-order valence-electron chi connectivity index (χ1n) is 10.5. The summed E-state index contributed by atoms with van der Waals surface area (Å²) in [5.41, 5.74) is -0.888. The maximum Gasteiger partial charge on any atom is 0.335 e. The number of benzene rings is 2. The quantitative estimate of drug-likeness (QED) is 0.502. The number of H-pyrrole nitrogens is 1. The first-order valence-corrected chi connectivity index (χ1v) is 10.9. The summed E-state index contributed by atoms with van der Waals surface area (Å²) in [5, 5.41) is 9.60. The third kappa shape index (κ3) is 6.02. The number of carboxylic acid groups (broad SMARTS) is 1. The molecule has 0 saturated carbocycles. The molecular weight excluding hydrogens is 467 g/mol. The van der Waals surface area contributed by atoms with Crippen LogP contribution in [-0.4, -0.2) is 31.3 Å². The molecule has 2 N–H and O–H groups in total. The van der Waals surface area contributed by atoms with E-state index >= 15 is 0 Å². The molecule has 0 spiro atoms. The van der Waals surface area contributed by atoms with Gasteiger partial charge in [-0.25, -0.2) is 23.5 Å². The van der Waals surface area contributed by atoms with Gasteiger partial charge in [0.25, 0.3) is 0 Å². The number of nitrogens with one attached hydrogen (secondary N) is 1. The number of aromatic amines is 1. The Morgan fingerprint density at radius 3 is 2.44 bits per heavy atom. The number of aromatic nitrogens is 3. The van der Waals surface area contributed by atoms with Crippen molar-refractivity contribution in [3.63, 3.8) is 0 Å². The molecule has 11 heteroatoms. The monoisotopic (exact) mass is 490 g/mol. The molecule has 0 aliphatic rings. The molecule has 0 aliphatic heterocycles. The summed E-state index contributed by atoms with van der Waals surface area (Å²) < 4.78 is 21.8. The van der Waals surface area contributed by atoms with Gasteiger partial charge >= 0.3 is 17.3 Å². The Labute approximate surface area is 198 Å². The molecule has 0 amide bonds. The normalized spacial score (nSPS) is 12.7. The number of hydrogen-bond acceptors (Lipinski definition) is 5. The van der Waals surface area contributed by atoms with Gasteiger partial charge in [0.1, 0.15) is 0 Å². The molecular formula is C23H24ClFN4O5. The van der Waals surface area contributed by atoms with Crippen LogP contribution in [0.15, 0.2) is 57.0 Å². The summed E-state index contributed by atoms with van der Waals surface area (Å²) in [6.07, 6.45) is -0.654. The van der Waals surface area contributed by atoms with Crippen LogP contribution in [0.3, 0.4) is 0 Å². The Bertz CT molecular complexity index is 1380. The minimum atomic E-state index is -1.16. The molecule has 1 aromatic heterocycles. The minimum absolute atomic E-state index is 0.00241. The van der Waals surface area contributed by atoms with Crippen molar-refractivity contribution in [3.8, 4) is 5.75 Å². The molecule has 0 unspecified atom stereocenters. The molecule has 0 aliphatic carbocycles. The van der Waals surface area contributed by atoms with Gasteiger partial charge < -0.3 is 9.84 Å². The predicted octanol–water partition coefficient (Wildman–Crippen LogP) is 3.23. The van der Waals surface area contributed by atoms with Gasteiger partial charge in [0.2, 0.25) is 5.62 Å². The van der Waals surface area contributed by atoms with E-state index in [-0.39, 0.29) is 29.7 Å². The standard InChI is InChI=1S/C23H24ClFN4O5/c1-13(2)34-19-9-8-17(11-18(19)25)26-21-27-22(32)29(14(3)10-20(30)31)23(33)28(21)12-15-4-6-16(24)7-5-15/h4-9,11,13-14H,10,12H2,1-3H3,(H,30,31)(H,26,27,32)/t14-/m0/s1. The predicted molar refractivity (Wildman–Crippen MR) is 124 cm³/mol. The van der Waals surface area contributed by atoms with Crippen LogP contribution in [-0.2, 0) is 11.3 Å². The minimum Gasteiger partial charge on any atom is -0.488 e. The molecule has 0 radical (unpaired) electrons. The largest absolute Gasteiger partial charge is 0.488 e. The summed E-state index contributed by atoms with van der Waals surface area (Å²) >= 11 is 5.94. The van der Waals surface area contributed by atoms with Crippen LogP contribution in [0.25, 0.3) is 0 Å². The van der Waals surface area contributed by atoms with Crippen molar-refractivity contribution in [3.05, 3.63) is 85.5 Å². The average molecular weight is 491 g/mol. The first-order chi connectivity index (χ1) is 16.0. The second kappa shape index (κ2) is 10.5. The highest BCUT2D eigenvalue weighted by Gasteiger charge is 2.18. The van der Waals surface area contributed by atoms with Gasteiger partial charge in [-0.15, -0.1) is 0 Å². The Morgan fingerprint density at radius 1 is 1.18 bits per heavy atom. The van der Waals surface area contributed by atoms with Crippen LogP contribution in [0, 0.1) is 5.82 Å². The van der Waals surface area contributed by atoms with Crippen molar-refractivity contribution >= 4 is 23.3 Å². The number of rotatable bonds is 8. The second-order valence-electron chi connectivity index (χ2n) is 7.96. The van der Waals surface area contributed by atoms with Crippen molar-refractivity contribution in [1.29, 1.82) is 0 Å². The van der Waals surface area contributed by atoms with Gasteiger partial charge in [0.15, 0.2) is 11.6 Å². The second-order valence-corrected chi connectivity index (χ2v) is 8.40. The molecule has 0 bridgehead atoms.